The van der Waals surface area contributed by atoms with Crippen molar-refractivity contribution >= 4 is 11.6 Å². The summed E-state index contributed by atoms with van der Waals surface area (Å²) in [6.07, 6.45) is 5.45. The van der Waals surface area contributed by atoms with E-state index in [1.54, 1.807) is 0 Å². The molecule has 0 atom stereocenters. The average molecular weight is 301 g/mol. The summed E-state index contributed by atoms with van der Waals surface area (Å²) in [7, 11) is 0. The van der Waals surface area contributed by atoms with Crippen LogP contribution >= 0.6 is 0 Å². The Hall–Kier alpha value is -2.10. The number of amides is 1. The number of aryl methyl sites for hydroxylation is 3. The fourth-order valence-corrected chi connectivity index (χ4v) is 2.12. The molecule has 120 valence electrons. The van der Waals surface area contributed by atoms with Gasteiger partial charge in [-0.05, 0) is 43.0 Å². The number of nitrogens with one attached hydrogen (secondary N) is 1. The number of fused-ring (bicyclic) bond motifs is 1. The second-order valence-electron chi connectivity index (χ2n) is 4.94. The highest BCUT2D eigenvalue weighted by atomic mass is 16.1. The van der Waals surface area contributed by atoms with Crippen molar-refractivity contribution in [1.29, 1.82) is 0 Å². The predicted molar refractivity (Wildman–Crippen MR) is 92.1 cm³/mol. The van der Waals surface area contributed by atoms with Gasteiger partial charge in [-0.15, -0.1) is 0 Å². The van der Waals surface area contributed by atoms with Crippen molar-refractivity contribution in [2.75, 3.05) is 5.32 Å². The number of rotatable bonds is 2. The first-order chi connectivity index (χ1) is 10.6. The normalized spacial score (nSPS) is 11.6. The van der Waals surface area contributed by atoms with Gasteiger partial charge in [0.15, 0.2) is 0 Å². The van der Waals surface area contributed by atoms with Gasteiger partial charge in [0.2, 0.25) is 5.91 Å². The van der Waals surface area contributed by atoms with Gasteiger partial charge in [-0.1, -0.05) is 32.9 Å². The molecule has 0 bridgehead atoms. The summed E-state index contributed by atoms with van der Waals surface area (Å²) in [5.41, 5.74) is 4.62. The van der Waals surface area contributed by atoms with E-state index in [1.807, 2.05) is 43.9 Å². The van der Waals surface area contributed by atoms with Gasteiger partial charge in [-0.3, -0.25) is 9.48 Å². The molecular weight excluding hydrogens is 274 g/mol. The molecule has 0 aliphatic carbocycles. The second kappa shape index (κ2) is 9.03. The van der Waals surface area contributed by atoms with Crippen molar-refractivity contribution in [3.63, 3.8) is 0 Å². The monoisotopic (exact) mass is 301 g/mol. The molecular formula is C18H27N3O. The number of anilines is 1. The Balaban J connectivity index is 0.000000211. The van der Waals surface area contributed by atoms with Crippen LogP contribution in [0.1, 0.15) is 44.4 Å². The maximum atomic E-state index is 11.0. The second-order valence-corrected chi connectivity index (χ2v) is 4.94. The zero-order chi connectivity index (χ0) is 16.5. The van der Waals surface area contributed by atoms with E-state index in [4.69, 9.17) is 0 Å². The van der Waals surface area contributed by atoms with Crippen molar-refractivity contribution < 1.29 is 4.79 Å². The third kappa shape index (κ3) is 5.02. The number of aromatic nitrogens is 2. The van der Waals surface area contributed by atoms with E-state index in [1.165, 1.54) is 11.1 Å². The van der Waals surface area contributed by atoms with E-state index in [0.29, 0.717) is 6.42 Å². The van der Waals surface area contributed by atoms with E-state index in [2.05, 4.69) is 36.4 Å². The first-order valence-corrected chi connectivity index (χ1v) is 8.03. The van der Waals surface area contributed by atoms with Gasteiger partial charge < -0.3 is 5.32 Å². The summed E-state index contributed by atoms with van der Waals surface area (Å²) < 4.78 is 1.91. The van der Waals surface area contributed by atoms with Crippen LogP contribution in [0.25, 0.3) is 0 Å². The molecule has 0 saturated heterocycles. The molecule has 2 aromatic rings. The Bertz CT molecular complexity index is 602. The molecule has 22 heavy (non-hydrogen) atoms. The van der Waals surface area contributed by atoms with Gasteiger partial charge in [0, 0.05) is 18.4 Å². The Morgan fingerprint density at radius 1 is 1.27 bits per heavy atom. The maximum Gasteiger partial charge on any atom is 0.228 e. The smallest absolute Gasteiger partial charge is 0.228 e. The first-order valence-electron chi connectivity index (χ1n) is 8.03. The van der Waals surface area contributed by atoms with E-state index in [-0.39, 0.29) is 5.91 Å². The lowest BCUT2D eigenvalue weighted by Crippen LogP contribution is -2.03. The van der Waals surface area contributed by atoms with E-state index in [9.17, 15) is 4.79 Å². The molecule has 0 spiro atoms. The molecule has 0 fully saturated rings. The highest BCUT2D eigenvalue weighted by Crippen LogP contribution is 2.23. The molecule has 1 aliphatic heterocycles. The molecule has 0 radical (unpaired) electrons. The van der Waals surface area contributed by atoms with Crippen LogP contribution in [-0.4, -0.2) is 15.7 Å². The third-order valence-electron chi connectivity index (χ3n) is 3.29. The highest BCUT2D eigenvalue weighted by Gasteiger charge is 2.16. The summed E-state index contributed by atoms with van der Waals surface area (Å²) in [6, 6.07) is 6.17. The first kappa shape index (κ1) is 18.0. The molecule has 2 heterocycles. The summed E-state index contributed by atoms with van der Waals surface area (Å²) in [6.45, 7) is 11.2. The van der Waals surface area contributed by atoms with Crippen molar-refractivity contribution in [2.45, 2.75) is 54.0 Å². The molecule has 3 rings (SSSR count). The quantitative estimate of drug-likeness (QED) is 0.912. The number of hydrogen-bond donors (Lipinski definition) is 1. The van der Waals surface area contributed by atoms with Crippen LogP contribution in [0.2, 0.25) is 0 Å². The molecule has 0 unspecified atom stereocenters. The minimum absolute atomic E-state index is 0.109. The minimum atomic E-state index is 0.109. The summed E-state index contributed by atoms with van der Waals surface area (Å²) >= 11 is 0. The molecule has 1 amide bonds. The molecule has 0 saturated carbocycles. The largest absolute Gasteiger partial charge is 0.326 e. The third-order valence-corrected chi connectivity index (χ3v) is 3.29. The van der Waals surface area contributed by atoms with Crippen molar-refractivity contribution in [3.05, 3.63) is 47.3 Å². The van der Waals surface area contributed by atoms with E-state index < -0.39 is 0 Å². The van der Waals surface area contributed by atoms with Crippen LogP contribution < -0.4 is 5.32 Å². The van der Waals surface area contributed by atoms with Gasteiger partial charge in [-0.2, -0.15) is 5.10 Å². The lowest BCUT2D eigenvalue weighted by Gasteiger charge is -2.00. The van der Waals surface area contributed by atoms with Crippen LogP contribution in [0.15, 0.2) is 30.6 Å². The predicted octanol–water partition coefficient (Wildman–Crippen LogP) is 3.98. The van der Waals surface area contributed by atoms with Crippen LogP contribution in [0, 0.1) is 6.92 Å². The molecule has 1 N–H and O–H groups in total. The number of hydrogen-bond acceptors (Lipinski definition) is 2. The number of carbonyl (C=O) groups excluding carboxylic acids is 1. The van der Waals surface area contributed by atoms with Gasteiger partial charge in [0.1, 0.15) is 0 Å². The van der Waals surface area contributed by atoms with Gasteiger partial charge in [0.05, 0.1) is 12.6 Å². The molecule has 4 heteroatoms. The summed E-state index contributed by atoms with van der Waals surface area (Å²) in [5, 5.41) is 6.88. The van der Waals surface area contributed by atoms with Gasteiger partial charge in [-0.25, -0.2) is 0 Å². The van der Waals surface area contributed by atoms with Crippen molar-refractivity contribution in [2.24, 2.45) is 0 Å². The maximum absolute atomic E-state index is 11.0. The topological polar surface area (TPSA) is 46.9 Å². The standard InChI is InChI=1S/C10H11NO.C6H10N2.C2H6/c1-2-7-3-4-8-6-10(12)11-9(8)5-7;1-3-8-5-6(2)4-7-8;1-2/h3-5H,2,6H2,1H3,(H,11,12);4-5H,3H2,1-2H3;1-2H3. The van der Waals surface area contributed by atoms with E-state index >= 15 is 0 Å². The molecule has 1 aromatic carbocycles. The van der Waals surface area contributed by atoms with Crippen LogP contribution in [0.4, 0.5) is 5.69 Å². The fraction of sp³-hybridized carbons (Fsp3) is 0.444. The molecule has 4 nitrogen and oxygen atoms in total. The zero-order valence-corrected chi connectivity index (χ0v) is 14.3. The Labute approximate surface area is 133 Å². The van der Waals surface area contributed by atoms with E-state index in [0.717, 1.165) is 24.2 Å². The van der Waals surface area contributed by atoms with Gasteiger partial charge in [0.25, 0.3) is 0 Å². The summed E-state index contributed by atoms with van der Waals surface area (Å²) in [4.78, 5) is 11.0. The average Bonchev–Trinajstić information content (AvgIpc) is 3.13. The highest BCUT2D eigenvalue weighted by molar-refractivity contribution is 5.99. The summed E-state index contributed by atoms with van der Waals surface area (Å²) in [5.74, 6) is 0.109. The van der Waals surface area contributed by atoms with Crippen molar-refractivity contribution in [1.82, 2.24) is 9.78 Å². The van der Waals surface area contributed by atoms with Gasteiger partial charge >= 0.3 is 0 Å². The van der Waals surface area contributed by atoms with Crippen LogP contribution in [-0.2, 0) is 24.2 Å². The Morgan fingerprint density at radius 2 is 2.00 bits per heavy atom. The fourth-order valence-electron chi connectivity index (χ4n) is 2.12. The molecule has 1 aromatic heterocycles. The minimum Gasteiger partial charge on any atom is -0.326 e. The lowest BCUT2D eigenvalue weighted by molar-refractivity contribution is -0.115. The number of carbonyl (C=O) groups is 1. The zero-order valence-electron chi connectivity index (χ0n) is 14.3. The lowest BCUT2D eigenvalue weighted by atomic mass is 10.1. The molecule has 1 aliphatic rings. The Morgan fingerprint density at radius 3 is 2.50 bits per heavy atom. The van der Waals surface area contributed by atoms with Crippen LogP contribution in [0.5, 0.6) is 0 Å². The van der Waals surface area contributed by atoms with Crippen molar-refractivity contribution in [3.8, 4) is 0 Å². The number of benzene rings is 1. The van der Waals surface area contributed by atoms with Crippen LogP contribution in [0.3, 0.4) is 0 Å². The SMILES string of the molecule is CC.CCc1ccc2c(c1)NC(=O)C2.CCn1cc(C)cn1. The Kier molecular flexibility index (Phi) is 7.37. The number of nitrogens with zero attached hydrogens (tertiary/aromatic N) is 2.